The lowest BCUT2D eigenvalue weighted by molar-refractivity contribution is 0.321. The zero-order valence-corrected chi connectivity index (χ0v) is 10.1. The molecule has 2 unspecified atom stereocenters. The zero-order valence-electron chi connectivity index (χ0n) is 10.1. The number of hydrogen-bond acceptors (Lipinski definition) is 2. The Morgan fingerprint density at radius 1 is 1.00 bits per heavy atom. The molecule has 0 radical (unpaired) electrons. The van der Waals surface area contributed by atoms with Crippen LogP contribution in [0.15, 0.2) is 54.6 Å². The molecular weight excluding hydrogens is 222 g/mol. The lowest BCUT2D eigenvalue weighted by atomic mass is 9.95. The summed E-state index contributed by atoms with van der Waals surface area (Å²) in [4.78, 5) is 0. The largest absolute Gasteiger partial charge is 0.345 e. The predicted octanol–water partition coefficient (Wildman–Crippen LogP) is 3.49. The molecule has 2 atom stereocenters. The van der Waals surface area contributed by atoms with Gasteiger partial charge in [-0.05, 0) is 23.6 Å². The molecule has 1 aliphatic heterocycles. The summed E-state index contributed by atoms with van der Waals surface area (Å²) < 4.78 is 5.42. The van der Waals surface area contributed by atoms with Crippen LogP contribution in [0, 0.1) is 11.3 Å². The van der Waals surface area contributed by atoms with Crippen molar-refractivity contribution in [1.29, 1.82) is 5.26 Å². The van der Waals surface area contributed by atoms with Crippen molar-refractivity contribution in [1.82, 2.24) is 0 Å². The maximum Gasteiger partial charge on any atom is 0.178 e. The minimum Gasteiger partial charge on any atom is -0.345 e. The number of ether oxygens (including phenoxy) is 1. The third-order valence-corrected chi connectivity index (χ3v) is 3.49. The number of hydrogen-bond donors (Lipinski definition) is 0. The van der Waals surface area contributed by atoms with Gasteiger partial charge in [0, 0.05) is 0 Å². The van der Waals surface area contributed by atoms with E-state index in [1.54, 1.807) is 0 Å². The van der Waals surface area contributed by atoms with Gasteiger partial charge in [-0.25, -0.2) is 0 Å². The van der Waals surface area contributed by atoms with Gasteiger partial charge >= 0.3 is 0 Å². The smallest absolute Gasteiger partial charge is 0.178 e. The fraction of sp³-hybridized carbons (Fsp3) is 0.188. The van der Waals surface area contributed by atoms with Crippen LogP contribution in [-0.2, 0) is 10.3 Å². The maximum atomic E-state index is 8.86. The third-order valence-electron chi connectivity index (χ3n) is 3.49. The Balaban J connectivity index is 1.90. The monoisotopic (exact) mass is 235 g/mol. The first kappa shape index (κ1) is 11.0. The molecule has 0 amide bonds. The number of benzene rings is 2. The topological polar surface area (TPSA) is 36.3 Å². The third kappa shape index (κ3) is 1.70. The van der Waals surface area contributed by atoms with Gasteiger partial charge in [0.05, 0.1) is 6.07 Å². The molecule has 2 aromatic rings. The summed E-state index contributed by atoms with van der Waals surface area (Å²) in [5.74, 6) is 0. The molecular formula is C16H13NO. The van der Waals surface area contributed by atoms with E-state index in [1.807, 2.05) is 37.3 Å². The van der Waals surface area contributed by atoms with Gasteiger partial charge < -0.3 is 4.74 Å². The Morgan fingerprint density at radius 2 is 1.61 bits per heavy atom. The summed E-state index contributed by atoms with van der Waals surface area (Å²) in [5.41, 5.74) is 3.03. The SMILES string of the molecule is CC1(c2ccc(-c3ccccc3)cc2)OC1C#N. The Kier molecular flexibility index (Phi) is 2.43. The lowest BCUT2D eigenvalue weighted by Crippen LogP contribution is -2.05. The van der Waals surface area contributed by atoms with Gasteiger partial charge in [0.2, 0.25) is 0 Å². The van der Waals surface area contributed by atoms with Gasteiger partial charge in [-0.3, -0.25) is 0 Å². The fourth-order valence-corrected chi connectivity index (χ4v) is 2.20. The van der Waals surface area contributed by atoms with Crippen molar-refractivity contribution >= 4 is 0 Å². The second-order valence-corrected chi connectivity index (χ2v) is 4.68. The highest BCUT2D eigenvalue weighted by molar-refractivity contribution is 5.63. The Labute approximate surface area is 106 Å². The molecule has 1 aliphatic rings. The van der Waals surface area contributed by atoms with E-state index in [9.17, 15) is 0 Å². The van der Waals surface area contributed by atoms with Crippen LogP contribution in [-0.4, -0.2) is 6.10 Å². The van der Waals surface area contributed by atoms with E-state index in [2.05, 4.69) is 30.3 Å². The van der Waals surface area contributed by atoms with Crippen LogP contribution in [0.5, 0.6) is 0 Å². The summed E-state index contributed by atoms with van der Waals surface area (Å²) in [7, 11) is 0. The van der Waals surface area contributed by atoms with Crippen molar-refractivity contribution in [3.63, 3.8) is 0 Å². The van der Waals surface area contributed by atoms with E-state index in [1.165, 1.54) is 11.1 Å². The number of rotatable bonds is 2. The predicted molar refractivity (Wildman–Crippen MR) is 69.7 cm³/mol. The first-order valence-electron chi connectivity index (χ1n) is 5.97. The van der Waals surface area contributed by atoms with Crippen LogP contribution in [0.4, 0.5) is 0 Å². The minimum atomic E-state index is -0.413. The van der Waals surface area contributed by atoms with Crippen LogP contribution >= 0.6 is 0 Å². The van der Waals surface area contributed by atoms with Crippen LogP contribution in [0.3, 0.4) is 0 Å². The number of epoxide rings is 1. The molecule has 88 valence electrons. The summed E-state index contributed by atoms with van der Waals surface area (Å²) >= 11 is 0. The molecule has 0 spiro atoms. The summed E-state index contributed by atoms with van der Waals surface area (Å²) in [6.07, 6.45) is -0.305. The van der Waals surface area contributed by atoms with E-state index in [0.29, 0.717) is 0 Å². The van der Waals surface area contributed by atoms with Crippen molar-refractivity contribution in [2.75, 3.05) is 0 Å². The molecule has 1 saturated heterocycles. The molecule has 18 heavy (non-hydrogen) atoms. The first-order valence-corrected chi connectivity index (χ1v) is 5.97. The molecule has 1 heterocycles. The molecule has 3 rings (SSSR count). The standard InChI is InChI=1S/C16H13NO/c1-16(15(11-17)18-16)14-9-7-13(8-10-14)12-5-3-2-4-6-12/h2-10,15H,1H3. The van der Waals surface area contributed by atoms with Gasteiger partial charge in [0.1, 0.15) is 5.60 Å². The summed E-state index contributed by atoms with van der Waals surface area (Å²) in [6, 6.07) is 20.6. The minimum absolute atomic E-state index is 0.305. The Morgan fingerprint density at radius 3 is 2.17 bits per heavy atom. The average molecular weight is 235 g/mol. The van der Waals surface area contributed by atoms with Crippen molar-refractivity contribution < 1.29 is 4.74 Å². The van der Waals surface area contributed by atoms with Crippen molar-refractivity contribution in [2.45, 2.75) is 18.6 Å². The lowest BCUT2D eigenvalue weighted by Gasteiger charge is -2.07. The Hall–Kier alpha value is -2.11. The highest BCUT2D eigenvalue weighted by Gasteiger charge is 2.54. The van der Waals surface area contributed by atoms with E-state index in [-0.39, 0.29) is 6.10 Å². The summed E-state index contributed by atoms with van der Waals surface area (Å²) in [6.45, 7) is 1.96. The zero-order chi connectivity index (χ0) is 12.6. The van der Waals surface area contributed by atoms with E-state index in [0.717, 1.165) is 5.56 Å². The molecule has 2 aromatic carbocycles. The molecule has 0 bridgehead atoms. The van der Waals surface area contributed by atoms with Crippen LogP contribution in [0.1, 0.15) is 12.5 Å². The first-order chi connectivity index (χ1) is 8.74. The highest BCUT2D eigenvalue weighted by atomic mass is 16.6. The number of nitrogens with zero attached hydrogens (tertiary/aromatic N) is 1. The van der Waals surface area contributed by atoms with Gasteiger partial charge in [0.25, 0.3) is 0 Å². The highest BCUT2D eigenvalue weighted by Crippen LogP contribution is 2.45. The molecule has 2 nitrogen and oxygen atoms in total. The van der Waals surface area contributed by atoms with Crippen molar-refractivity contribution in [2.24, 2.45) is 0 Å². The number of nitriles is 1. The normalized spacial score (nSPS) is 25.4. The maximum absolute atomic E-state index is 8.86. The molecule has 1 fully saturated rings. The summed E-state index contributed by atoms with van der Waals surface area (Å²) in [5, 5.41) is 8.86. The van der Waals surface area contributed by atoms with E-state index >= 15 is 0 Å². The van der Waals surface area contributed by atoms with Crippen LogP contribution in [0.25, 0.3) is 11.1 Å². The molecule has 0 aliphatic carbocycles. The van der Waals surface area contributed by atoms with E-state index < -0.39 is 5.60 Å². The fourth-order valence-electron chi connectivity index (χ4n) is 2.20. The second kappa shape index (κ2) is 3.97. The van der Waals surface area contributed by atoms with Crippen LogP contribution in [0.2, 0.25) is 0 Å². The van der Waals surface area contributed by atoms with Gasteiger partial charge in [0.15, 0.2) is 6.10 Å². The molecule has 0 N–H and O–H groups in total. The Bertz CT molecular complexity index is 597. The quantitative estimate of drug-likeness (QED) is 0.747. The average Bonchev–Trinajstić information content (AvgIpc) is 3.13. The van der Waals surface area contributed by atoms with E-state index in [4.69, 9.17) is 10.00 Å². The molecule has 0 aromatic heterocycles. The molecule has 0 saturated carbocycles. The van der Waals surface area contributed by atoms with Gasteiger partial charge in [-0.2, -0.15) is 5.26 Å². The second-order valence-electron chi connectivity index (χ2n) is 4.68. The van der Waals surface area contributed by atoms with Crippen molar-refractivity contribution in [3.8, 4) is 17.2 Å². The van der Waals surface area contributed by atoms with Gasteiger partial charge in [-0.15, -0.1) is 0 Å². The van der Waals surface area contributed by atoms with Crippen molar-refractivity contribution in [3.05, 3.63) is 60.2 Å². The molecule has 2 heteroatoms. The van der Waals surface area contributed by atoms with Crippen LogP contribution < -0.4 is 0 Å². The van der Waals surface area contributed by atoms with Gasteiger partial charge in [-0.1, -0.05) is 54.6 Å².